The zero-order valence-corrected chi connectivity index (χ0v) is 13.0. The number of thiazole rings is 1. The lowest BCUT2D eigenvalue weighted by Gasteiger charge is -2.18. The molecule has 0 aliphatic carbocycles. The second-order valence-electron chi connectivity index (χ2n) is 5.30. The molecule has 1 aromatic heterocycles. The van der Waals surface area contributed by atoms with E-state index in [-0.39, 0.29) is 5.41 Å². The van der Waals surface area contributed by atoms with Gasteiger partial charge in [0.15, 0.2) is 0 Å². The average molecular weight is 277 g/mol. The van der Waals surface area contributed by atoms with Crippen molar-refractivity contribution in [1.29, 1.82) is 0 Å². The summed E-state index contributed by atoms with van der Waals surface area (Å²) in [5, 5.41) is 1.21. The van der Waals surface area contributed by atoms with Crippen LogP contribution in [0.1, 0.15) is 38.3 Å². The molecule has 0 radical (unpaired) electrons. The molecule has 3 heteroatoms. The van der Waals surface area contributed by atoms with Crippen LogP contribution in [0.3, 0.4) is 0 Å². The van der Waals surface area contributed by atoms with Crippen LogP contribution >= 0.6 is 23.1 Å². The van der Waals surface area contributed by atoms with Gasteiger partial charge in [-0.15, -0.1) is 11.3 Å². The molecule has 2 rings (SSSR count). The zero-order chi connectivity index (χ0) is 13.2. The Balaban J connectivity index is 2.11. The largest absolute Gasteiger partial charge is 0.248 e. The molecule has 1 nitrogen and oxygen atoms in total. The molecule has 0 aliphatic heterocycles. The number of rotatable bonds is 3. The molecule has 0 fully saturated rings. The Hall–Kier alpha value is -0.800. The first-order valence-corrected chi connectivity index (χ1v) is 7.85. The van der Waals surface area contributed by atoms with Crippen molar-refractivity contribution < 1.29 is 0 Å². The Kier molecular flexibility index (Phi) is 4.13. The van der Waals surface area contributed by atoms with Crippen LogP contribution in [-0.4, -0.2) is 4.98 Å². The Morgan fingerprint density at radius 3 is 2.33 bits per heavy atom. The van der Waals surface area contributed by atoms with Gasteiger partial charge in [-0.25, -0.2) is 4.98 Å². The van der Waals surface area contributed by atoms with Crippen LogP contribution in [0.5, 0.6) is 0 Å². The SMILES string of the molecule is CCc1ncc(Sc2ccc(C(C)(C)C)cc2)s1. The summed E-state index contributed by atoms with van der Waals surface area (Å²) in [6.45, 7) is 8.87. The fourth-order valence-corrected chi connectivity index (χ4v) is 3.58. The summed E-state index contributed by atoms with van der Waals surface area (Å²) in [6, 6.07) is 8.86. The first-order chi connectivity index (χ1) is 8.49. The summed E-state index contributed by atoms with van der Waals surface area (Å²) >= 11 is 3.59. The molecule has 1 aromatic carbocycles. The van der Waals surface area contributed by atoms with Gasteiger partial charge in [0.25, 0.3) is 0 Å². The van der Waals surface area contributed by atoms with Crippen LogP contribution < -0.4 is 0 Å². The maximum atomic E-state index is 4.39. The lowest BCUT2D eigenvalue weighted by Crippen LogP contribution is -2.10. The highest BCUT2D eigenvalue weighted by Crippen LogP contribution is 2.33. The third-order valence-corrected chi connectivity index (χ3v) is 5.02. The van der Waals surface area contributed by atoms with Gasteiger partial charge in [-0.3, -0.25) is 0 Å². The first kappa shape index (κ1) is 13.6. The van der Waals surface area contributed by atoms with Gasteiger partial charge in [-0.1, -0.05) is 51.6 Å². The number of aromatic nitrogens is 1. The van der Waals surface area contributed by atoms with Gasteiger partial charge in [-0.05, 0) is 29.5 Å². The Labute approximate surface area is 118 Å². The van der Waals surface area contributed by atoms with Gasteiger partial charge in [0, 0.05) is 4.90 Å². The van der Waals surface area contributed by atoms with Crippen molar-refractivity contribution in [2.45, 2.75) is 48.6 Å². The van der Waals surface area contributed by atoms with Crippen LogP contribution in [0.4, 0.5) is 0 Å². The maximum absolute atomic E-state index is 4.39. The highest BCUT2D eigenvalue weighted by atomic mass is 32.2. The monoisotopic (exact) mass is 277 g/mol. The van der Waals surface area contributed by atoms with E-state index in [1.54, 1.807) is 23.1 Å². The van der Waals surface area contributed by atoms with Crippen molar-refractivity contribution in [2.75, 3.05) is 0 Å². The topological polar surface area (TPSA) is 12.9 Å². The average Bonchev–Trinajstić information content (AvgIpc) is 2.76. The number of nitrogens with zero attached hydrogens (tertiary/aromatic N) is 1. The van der Waals surface area contributed by atoms with Crippen molar-refractivity contribution in [2.24, 2.45) is 0 Å². The third kappa shape index (κ3) is 3.36. The minimum Gasteiger partial charge on any atom is -0.248 e. The molecule has 0 bridgehead atoms. The molecule has 0 N–H and O–H groups in total. The highest BCUT2D eigenvalue weighted by molar-refractivity contribution is 8.01. The predicted molar refractivity (Wildman–Crippen MR) is 80.8 cm³/mol. The molecule has 0 aliphatic rings. The van der Waals surface area contributed by atoms with Crippen molar-refractivity contribution in [1.82, 2.24) is 4.98 Å². The molecule has 1 heterocycles. The summed E-state index contributed by atoms with van der Waals surface area (Å²) in [5.41, 5.74) is 1.61. The number of hydrogen-bond acceptors (Lipinski definition) is 3. The summed E-state index contributed by atoms with van der Waals surface area (Å²) in [4.78, 5) is 5.67. The van der Waals surface area contributed by atoms with Crippen LogP contribution in [0.15, 0.2) is 39.6 Å². The second kappa shape index (κ2) is 5.45. The van der Waals surface area contributed by atoms with Crippen molar-refractivity contribution in [3.05, 3.63) is 41.0 Å². The fraction of sp³-hybridized carbons (Fsp3) is 0.400. The van der Waals surface area contributed by atoms with Gasteiger partial charge in [-0.2, -0.15) is 0 Å². The molecular weight excluding hydrogens is 258 g/mol. The van der Waals surface area contributed by atoms with Crippen molar-refractivity contribution in [3.8, 4) is 0 Å². The number of hydrogen-bond donors (Lipinski definition) is 0. The van der Waals surface area contributed by atoms with Gasteiger partial charge in [0.1, 0.15) is 0 Å². The van der Waals surface area contributed by atoms with E-state index in [0.29, 0.717) is 0 Å². The molecule has 0 unspecified atom stereocenters. The number of aryl methyl sites for hydroxylation is 1. The van der Waals surface area contributed by atoms with Crippen LogP contribution in [0.2, 0.25) is 0 Å². The van der Waals surface area contributed by atoms with E-state index in [0.717, 1.165) is 6.42 Å². The lowest BCUT2D eigenvalue weighted by molar-refractivity contribution is 0.590. The van der Waals surface area contributed by atoms with Gasteiger partial charge < -0.3 is 0 Å². The normalized spacial score (nSPS) is 11.8. The summed E-state index contributed by atoms with van der Waals surface area (Å²) < 4.78 is 1.27. The van der Waals surface area contributed by atoms with Crippen LogP contribution in [0.25, 0.3) is 0 Å². The quantitative estimate of drug-likeness (QED) is 0.769. The van der Waals surface area contributed by atoms with E-state index in [1.807, 2.05) is 6.20 Å². The molecule has 18 heavy (non-hydrogen) atoms. The smallest absolute Gasteiger partial charge is 0.0934 e. The fourth-order valence-electron chi connectivity index (χ4n) is 1.64. The summed E-state index contributed by atoms with van der Waals surface area (Å²) in [5.74, 6) is 0. The molecule has 0 atom stereocenters. The molecule has 0 saturated heterocycles. The lowest BCUT2D eigenvalue weighted by atomic mass is 9.87. The van der Waals surface area contributed by atoms with E-state index >= 15 is 0 Å². The minimum absolute atomic E-state index is 0.225. The van der Waals surface area contributed by atoms with E-state index in [9.17, 15) is 0 Å². The highest BCUT2D eigenvalue weighted by Gasteiger charge is 2.13. The van der Waals surface area contributed by atoms with Gasteiger partial charge in [0.2, 0.25) is 0 Å². The Morgan fingerprint density at radius 2 is 1.83 bits per heavy atom. The standard InChI is InChI=1S/C15H19NS2/c1-5-13-16-10-14(18-13)17-12-8-6-11(7-9-12)15(2,3)4/h6-10H,5H2,1-4H3. The zero-order valence-electron chi connectivity index (χ0n) is 11.4. The first-order valence-electron chi connectivity index (χ1n) is 6.22. The van der Waals surface area contributed by atoms with Crippen molar-refractivity contribution >= 4 is 23.1 Å². The van der Waals surface area contributed by atoms with E-state index in [1.165, 1.54) is 19.7 Å². The third-order valence-electron chi connectivity index (χ3n) is 2.77. The van der Waals surface area contributed by atoms with E-state index in [2.05, 4.69) is 56.9 Å². The second-order valence-corrected chi connectivity index (χ2v) is 7.79. The van der Waals surface area contributed by atoms with E-state index in [4.69, 9.17) is 0 Å². The molecule has 96 valence electrons. The van der Waals surface area contributed by atoms with E-state index < -0.39 is 0 Å². The predicted octanol–water partition coefficient (Wildman–Crippen LogP) is 5.15. The van der Waals surface area contributed by atoms with Crippen LogP contribution in [0, 0.1) is 0 Å². The molecule has 0 amide bonds. The van der Waals surface area contributed by atoms with Crippen molar-refractivity contribution in [3.63, 3.8) is 0 Å². The minimum atomic E-state index is 0.225. The molecule has 0 spiro atoms. The summed E-state index contributed by atoms with van der Waals surface area (Å²) in [7, 11) is 0. The number of benzene rings is 1. The Morgan fingerprint density at radius 1 is 1.17 bits per heavy atom. The van der Waals surface area contributed by atoms with Gasteiger partial charge in [0.05, 0.1) is 15.4 Å². The molecule has 2 aromatic rings. The maximum Gasteiger partial charge on any atom is 0.0934 e. The van der Waals surface area contributed by atoms with Crippen LogP contribution in [-0.2, 0) is 11.8 Å². The Bertz CT molecular complexity index is 506. The molecular formula is C15H19NS2. The molecule has 0 saturated carbocycles. The summed E-state index contributed by atoms with van der Waals surface area (Å²) in [6.07, 6.45) is 3.00. The van der Waals surface area contributed by atoms with Gasteiger partial charge >= 0.3 is 0 Å².